The number of amides is 1. The quantitative estimate of drug-likeness (QED) is 0.601. The largest absolute Gasteiger partial charge is 0.340 e. The number of hydrogen-bond donors (Lipinski definition) is 1. The van der Waals surface area contributed by atoms with Gasteiger partial charge < -0.3 is 15.5 Å². The van der Waals surface area contributed by atoms with E-state index >= 15 is 0 Å². The molecule has 1 fully saturated rings. The Bertz CT molecular complexity index is 269. The highest BCUT2D eigenvalue weighted by Crippen LogP contribution is 2.19. The predicted octanol–water partition coefficient (Wildman–Crippen LogP) is -0.336. The first-order valence-corrected chi connectivity index (χ1v) is 5.58. The van der Waals surface area contributed by atoms with Crippen LogP contribution in [0.4, 0.5) is 0 Å². The first-order valence-electron chi connectivity index (χ1n) is 5.58. The lowest BCUT2D eigenvalue weighted by Crippen LogP contribution is -2.48. The lowest BCUT2D eigenvalue weighted by atomic mass is 10.1. The molecule has 1 heterocycles. The van der Waals surface area contributed by atoms with E-state index in [1.807, 2.05) is 17.1 Å². The van der Waals surface area contributed by atoms with Gasteiger partial charge in [-0.1, -0.05) is 12.2 Å². The summed E-state index contributed by atoms with van der Waals surface area (Å²) >= 11 is 0. The first-order chi connectivity index (χ1) is 7.16. The van der Waals surface area contributed by atoms with Crippen LogP contribution in [0, 0.1) is 5.92 Å². The number of piperazine rings is 1. The van der Waals surface area contributed by atoms with Crippen LogP contribution in [0.3, 0.4) is 0 Å². The number of carbonyl (C=O) groups is 1. The van der Waals surface area contributed by atoms with E-state index in [4.69, 9.17) is 5.73 Å². The molecule has 0 saturated carbocycles. The van der Waals surface area contributed by atoms with Gasteiger partial charge in [-0.15, -0.1) is 0 Å². The number of nitrogens with two attached hydrogens (primary N) is 1. The van der Waals surface area contributed by atoms with Crippen molar-refractivity contribution in [3.63, 3.8) is 0 Å². The van der Waals surface area contributed by atoms with E-state index in [9.17, 15) is 4.79 Å². The summed E-state index contributed by atoms with van der Waals surface area (Å²) in [4.78, 5) is 16.3. The summed E-state index contributed by atoms with van der Waals surface area (Å²) in [5, 5.41) is 0. The second-order valence-corrected chi connectivity index (χ2v) is 4.52. The zero-order valence-electron chi connectivity index (χ0n) is 9.22. The predicted molar refractivity (Wildman–Crippen MR) is 59.3 cm³/mol. The summed E-state index contributed by atoms with van der Waals surface area (Å²) < 4.78 is 0. The molecule has 1 saturated heterocycles. The molecular formula is C11H19N3O. The van der Waals surface area contributed by atoms with Crippen molar-refractivity contribution in [3.8, 4) is 0 Å². The van der Waals surface area contributed by atoms with E-state index in [-0.39, 0.29) is 17.9 Å². The van der Waals surface area contributed by atoms with Gasteiger partial charge >= 0.3 is 0 Å². The Morgan fingerprint density at radius 2 is 1.93 bits per heavy atom. The van der Waals surface area contributed by atoms with Gasteiger partial charge in [-0.2, -0.15) is 0 Å². The highest BCUT2D eigenvalue weighted by atomic mass is 16.2. The smallest absolute Gasteiger partial charge is 0.229 e. The molecule has 0 radical (unpaired) electrons. The standard InChI is InChI=1S/C11H19N3O/c1-13-4-6-14(7-5-13)11(15)9-2-3-10(12)8-9/h2-3,9-10H,4-8,12H2,1H3. The molecule has 2 atom stereocenters. The molecule has 0 aromatic heterocycles. The molecule has 2 aliphatic rings. The summed E-state index contributed by atoms with van der Waals surface area (Å²) in [6.07, 6.45) is 4.69. The summed E-state index contributed by atoms with van der Waals surface area (Å²) in [7, 11) is 2.09. The minimum Gasteiger partial charge on any atom is -0.340 e. The van der Waals surface area contributed by atoms with Gasteiger partial charge in [0.2, 0.25) is 5.91 Å². The fraction of sp³-hybridized carbons (Fsp3) is 0.727. The summed E-state index contributed by atoms with van der Waals surface area (Å²) in [5.74, 6) is 0.288. The van der Waals surface area contributed by atoms with E-state index in [2.05, 4.69) is 11.9 Å². The van der Waals surface area contributed by atoms with Crippen molar-refractivity contribution in [2.24, 2.45) is 11.7 Å². The monoisotopic (exact) mass is 209 g/mol. The Labute approximate surface area is 90.7 Å². The summed E-state index contributed by atoms with van der Waals surface area (Å²) in [5.41, 5.74) is 5.75. The Kier molecular flexibility index (Phi) is 3.07. The molecule has 2 N–H and O–H groups in total. The van der Waals surface area contributed by atoms with E-state index < -0.39 is 0 Å². The number of hydrogen-bond acceptors (Lipinski definition) is 3. The van der Waals surface area contributed by atoms with Gasteiger partial charge in [0.15, 0.2) is 0 Å². The van der Waals surface area contributed by atoms with Crippen LogP contribution in [0.15, 0.2) is 12.2 Å². The zero-order chi connectivity index (χ0) is 10.8. The number of carbonyl (C=O) groups excluding carboxylic acids is 1. The number of nitrogens with zero attached hydrogens (tertiary/aromatic N) is 2. The van der Waals surface area contributed by atoms with Crippen LogP contribution < -0.4 is 5.73 Å². The van der Waals surface area contributed by atoms with Gasteiger partial charge in [0, 0.05) is 32.2 Å². The van der Waals surface area contributed by atoms with E-state index in [0.29, 0.717) is 0 Å². The first kappa shape index (κ1) is 10.6. The van der Waals surface area contributed by atoms with E-state index in [0.717, 1.165) is 32.6 Å². The molecule has 2 unspecified atom stereocenters. The molecule has 0 aromatic carbocycles. The lowest BCUT2D eigenvalue weighted by molar-refractivity contribution is -0.135. The van der Waals surface area contributed by atoms with Crippen LogP contribution in [0.5, 0.6) is 0 Å². The van der Waals surface area contributed by atoms with E-state index in [1.54, 1.807) is 0 Å². The highest BCUT2D eigenvalue weighted by Gasteiger charge is 2.28. The van der Waals surface area contributed by atoms with Crippen molar-refractivity contribution in [1.29, 1.82) is 0 Å². The second kappa shape index (κ2) is 4.33. The maximum Gasteiger partial charge on any atom is 0.229 e. The maximum atomic E-state index is 12.1. The highest BCUT2D eigenvalue weighted by molar-refractivity contribution is 5.81. The Balaban J connectivity index is 1.89. The molecule has 4 nitrogen and oxygen atoms in total. The van der Waals surface area contributed by atoms with Crippen molar-refractivity contribution < 1.29 is 4.79 Å². The van der Waals surface area contributed by atoms with Gasteiger partial charge in [-0.05, 0) is 13.5 Å². The van der Waals surface area contributed by atoms with Crippen LogP contribution >= 0.6 is 0 Å². The van der Waals surface area contributed by atoms with Crippen LogP contribution in [-0.4, -0.2) is 55.0 Å². The Morgan fingerprint density at radius 3 is 2.47 bits per heavy atom. The SMILES string of the molecule is CN1CCN(C(=O)C2C=CC(N)C2)CC1. The molecule has 0 bridgehead atoms. The second-order valence-electron chi connectivity index (χ2n) is 4.52. The van der Waals surface area contributed by atoms with Crippen molar-refractivity contribution in [1.82, 2.24) is 9.80 Å². The maximum absolute atomic E-state index is 12.1. The number of rotatable bonds is 1. The summed E-state index contributed by atoms with van der Waals surface area (Å²) in [6, 6.07) is 0.0754. The lowest BCUT2D eigenvalue weighted by Gasteiger charge is -2.33. The summed E-state index contributed by atoms with van der Waals surface area (Å²) in [6.45, 7) is 3.67. The molecule has 0 spiro atoms. The molecule has 15 heavy (non-hydrogen) atoms. The molecule has 84 valence electrons. The Morgan fingerprint density at radius 1 is 1.27 bits per heavy atom. The molecule has 4 heteroatoms. The van der Waals surface area contributed by atoms with Crippen molar-refractivity contribution in [3.05, 3.63) is 12.2 Å². The van der Waals surface area contributed by atoms with Gasteiger partial charge in [0.1, 0.15) is 0 Å². The van der Waals surface area contributed by atoms with Crippen molar-refractivity contribution in [2.45, 2.75) is 12.5 Å². The average Bonchev–Trinajstić information content (AvgIpc) is 2.65. The third kappa shape index (κ3) is 2.38. The Hall–Kier alpha value is -0.870. The van der Waals surface area contributed by atoms with Gasteiger partial charge in [0.25, 0.3) is 0 Å². The van der Waals surface area contributed by atoms with Crippen LogP contribution in [0.1, 0.15) is 6.42 Å². The van der Waals surface area contributed by atoms with Crippen LogP contribution in [0.2, 0.25) is 0 Å². The van der Waals surface area contributed by atoms with Crippen molar-refractivity contribution in [2.75, 3.05) is 33.2 Å². The molecule has 0 aromatic rings. The minimum absolute atomic E-state index is 0.0309. The number of likely N-dealkylation sites (N-methyl/N-ethyl adjacent to an activating group) is 1. The fourth-order valence-electron chi connectivity index (χ4n) is 2.17. The normalized spacial score (nSPS) is 32.3. The van der Waals surface area contributed by atoms with Gasteiger partial charge in [-0.3, -0.25) is 4.79 Å². The van der Waals surface area contributed by atoms with E-state index in [1.165, 1.54) is 0 Å². The molecule has 1 aliphatic heterocycles. The molecule has 2 rings (SSSR count). The van der Waals surface area contributed by atoms with Crippen molar-refractivity contribution >= 4 is 5.91 Å². The average molecular weight is 209 g/mol. The van der Waals surface area contributed by atoms with Gasteiger partial charge in [-0.25, -0.2) is 0 Å². The van der Waals surface area contributed by atoms with Crippen LogP contribution in [-0.2, 0) is 4.79 Å². The molecule has 1 aliphatic carbocycles. The third-order valence-corrected chi connectivity index (χ3v) is 3.25. The molecular weight excluding hydrogens is 190 g/mol. The fourth-order valence-corrected chi connectivity index (χ4v) is 2.17. The van der Waals surface area contributed by atoms with Crippen LogP contribution in [0.25, 0.3) is 0 Å². The zero-order valence-corrected chi connectivity index (χ0v) is 9.22. The topological polar surface area (TPSA) is 49.6 Å². The van der Waals surface area contributed by atoms with Gasteiger partial charge in [0.05, 0.1) is 5.92 Å². The third-order valence-electron chi connectivity index (χ3n) is 3.25. The molecule has 1 amide bonds. The minimum atomic E-state index is 0.0309.